The van der Waals surface area contributed by atoms with Gasteiger partial charge in [0.2, 0.25) is 5.28 Å². The fourth-order valence-electron chi connectivity index (χ4n) is 1.61. The van der Waals surface area contributed by atoms with Crippen molar-refractivity contribution in [3.63, 3.8) is 0 Å². The van der Waals surface area contributed by atoms with Crippen LogP contribution in [-0.2, 0) is 6.42 Å². The predicted octanol–water partition coefficient (Wildman–Crippen LogP) is 2.94. The summed E-state index contributed by atoms with van der Waals surface area (Å²) in [6.07, 6.45) is 2.14. The summed E-state index contributed by atoms with van der Waals surface area (Å²) in [4.78, 5) is 18.3. The first-order valence-corrected chi connectivity index (χ1v) is 5.65. The molecule has 0 N–H and O–H groups in total. The van der Waals surface area contributed by atoms with Gasteiger partial charge in [-0.3, -0.25) is 10.1 Å². The zero-order valence-electron chi connectivity index (χ0n) is 9.63. The molecule has 92 valence electrons. The standard InChI is InChI=1S/C12H10ClN3O2/c1-8-7-14-12(13)15-11(8)6-9-3-2-4-10(5-9)16(17)18/h2-5,7H,6H2,1H3. The number of hydrogen-bond acceptors (Lipinski definition) is 4. The molecule has 0 saturated heterocycles. The van der Waals surface area contributed by atoms with Gasteiger partial charge >= 0.3 is 0 Å². The highest BCUT2D eigenvalue weighted by molar-refractivity contribution is 6.28. The summed E-state index contributed by atoms with van der Waals surface area (Å²) in [5.74, 6) is 0. The van der Waals surface area contributed by atoms with E-state index in [1.54, 1.807) is 12.3 Å². The second-order valence-electron chi connectivity index (χ2n) is 3.87. The molecule has 0 aliphatic rings. The lowest BCUT2D eigenvalue weighted by Gasteiger charge is -2.04. The van der Waals surface area contributed by atoms with Gasteiger partial charge in [0.25, 0.3) is 5.69 Å². The minimum Gasteiger partial charge on any atom is -0.258 e. The Morgan fingerprint density at radius 1 is 1.44 bits per heavy atom. The highest BCUT2D eigenvalue weighted by Crippen LogP contribution is 2.17. The highest BCUT2D eigenvalue weighted by atomic mass is 35.5. The molecule has 0 spiro atoms. The van der Waals surface area contributed by atoms with Crippen molar-refractivity contribution in [3.8, 4) is 0 Å². The predicted molar refractivity (Wildman–Crippen MR) is 67.7 cm³/mol. The van der Waals surface area contributed by atoms with E-state index in [2.05, 4.69) is 9.97 Å². The van der Waals surface area contributed by atoms with Crippen molar-refractivity contribution in [3.05, 3.63) is 62.7 Å². The van der Waals surface area contributed by atoms with Crippen molar-refractivity contribution < 1.29 is 4.92 Å². The summed E-state index contributed by atoms with van der Waals surface area (Å²) in [5, 5.41) is 10.9. The Morgan fingerprint density at radius 2 is 2.22 bits per heavy atom. The van der Waals surface area contributed by atoms with E-state index >= 15 is 0 Å². The lowest BCUT2D eigenvalue weighted by molar-refractivity contribution is -0.384. The number of aromatic nitrogens is 2. The van der Waals surface area contributed by atoms with Crippen LogP contribution in [0.15, 0.2) is 30.5 Å². The van der Waals surface area contributed by atoms with E-state index < -0.39 is 4.92 Å². The summed E-state index contributed by atoms with van der Waals surface area (Å²) in [5.41, 5.74) is 2.58. The van der Waals surface area contributed by atoms with Crippen molar-refractivity contribution in [2.75, 3.05) is 0 Å². The molecule has 0 radical (unpaired) electrons. The Bertz CT molecular complexity index is 602. The van der Waals surface area contributed by atoms with E-state index in [9.17, 15) is 10.1 Å². The van der Waals surface area contributed by atoms with Crippen LogP contribution in [0.3, 0.4) is 0 Å². The zero-order valence-corrected chi connectivity index (χ0v) is 10.4. The van der Waals surface area contributed by atoms with Crippen molar-refractivity contribution >= 4 is 17.3 Å². The van der Waals surface area contributed by atoms with Crippen LogP contribution in [0.4, 0.5) is 5.69 Å². The van der Waals surface area contributed by atoms with Gasteiger partial charge in [-0.15, -0.1) is 0 Å². The van der Waals surface area contributed by atoms with E-state index in [0.29, 0.717) is 6.42 Å². The summed E-state index contributed by atoms with van der Waals surface area (Å²) in [6.45, 7) is 1.88. The monoisotopic (exact) mass is 263 g/mol. The normalized spacial score (nSPS) is 10.3. The zero-order chi connectivity index (χ0) is 13.1. The number of hydrogen-bond donors (Lipinski definition) is 0. The minimum absolute atomic E-state index is 0.0744. The Kier molecular flexibility index (Phi) is 3.53. The first-order valence-electron chi connectivity index (χ1n) is 5.27. The Balaban J connectivity index is 2.31. The van der Waals surface area contributed by atoms with Crippen LogP contribution in [0.5, 0.6) is 0 Å². The Morgan fingerprint density at radius 3 is 2.94 bits per heavy atom. The molecular weight excluding hydrogens is 254 g/mol. The molecule has 1 aromatic carbocycles. The quantitative estimate of drug-likeness (QED) is 0.485. The third-order valence-corrected chi connectivity index (χ3v) is 2.72. The molecule has 1 aromatic heterocycles. The number of nitrogens with zero attached hydrogens (tertiary/aromatic N) is 3. The fraction of sp³-hybridized carbons (Fsp3) is 0.167. The van der Waals surface area contributed by atoms with E-state index in [1.807, 2.05) is 13.0 Å². The number of aryl methyl sites for hydroxylation is 1. The van der Waals surface area contributed by atoms with Crippen LogP contribution >= 0.6 is 11.6 Å². The van der Waals surface area contributed by atoms with E-state index in [4.69, 9.17) is 11.6 Å². The van der Waals surface area contributed by atoms with Crippen LogP contribution in [0.2, 0.25) is 5.28 Å². The molecule has 0 aliphatic carbocycles. The van der Waals surface area contributed by atoms with Crippen LogP contribution in [0, 0.1) is 17.0 Å². The van der Waals surface area contributed by atoms with Gasteiger partial charge in [-0.1, -0.05) is 12.1 Å². The summed E-state index contributed by atoms with van der Waals surface area (Å²) in [7, 11) is 0. The average Bonchev–Trinajstić information content (AvgIpc) is 2.34. The molecule has 1 heterocycles. The van der Waals surface area contributed by atoms with Gasteiger partial charge in [0.15, 0.2) is 0 Å². The highest BCUT2D eigenvalue weighted by Gasteiger charge is 2.08. The Hall–Kier alpha value is -2.01. The molecule has 2 rings (SSSR count). The molecule has 0 bridgehead atoms. The fourth-order valence-corrected chi connectivity index (χ4v) is 1.76. The van der Waals surface area contributed by atoms with Gasteiger partial charge < -0.3 is 0 Å². The van der Waals surface area contributed by atoms with Gasteiger partial charge in [-0.25, -0.2) is 9.97 Å². The lowest BCUT2D eigenvalue weighted by atomic mass is 10.1. The maximum atomic E-state index is 10.7. The maximum absolute atomic E-state index is 10.7. The van der Waals surface area contributed by atoms with Gasteiger partial charge in [-0.05, 0) is 29.7 Å². The first kappa shape index (κ1) is 12.4. The lowest BCUT2D eigenvalue weighted by Crippen LogP contribution is -1.98. The largest absolute Gasteiger partial charge is 0.269 e. The van der Waals surface area contributed by atoms with Gasteiger partial charge in [-0.2, -0.15) is 0 Å². The first-order chi connectivity index (χ1) is 8.56. The third-order valence-electron chi connectivity index (χ3n) is 2.54. The smallest absolute Gasteiger partial charge is 0.258 e. The summed E-state index contributed by atoms with van der Waals surface area (Å²) < 4.78 is 0. The molecule has 0 fully saturated rings. The number of benzene rings is 1. The van der Waals surface area contributed by atoms with Crippen LogP contribution in [0.1, 0.15) is 16.8 Å². The average molecular weight is 264 g/mol. The van der Waals surface area contributed by atoms with Crippen molar-refractivity contribution in [2.24, 2.45) is 0 Å². The van der Waals surface area contributed by atoms with Crippen molar-refractivity contribution in [1.29, 1.82) is 0 Å². The molecule has 0 amide bonds. The van der Waals surface area contributed by atoms with Gasteiger partial charge in [0, 0.05) is 24.8 Å². The van der Waals surface area contributed by atoms with Crippen LogP contribution in [-0.4, -0.2) is 14.9 Å². The maximum Gasteiger partial charge on any atom is 0.269 e. The number of rotatable bonds is 3. The second-order valence-corrected chi connectivity index (χ2v) is 4.21. The van der Waals surface area contributed by atoms with Gasteiger partial charge in [0.1, 0.15) is 0 Å². The molecule has 0 unspecified atom stereocenters. The molecule has 6 heteroatoms. The molecule has 0 atom stereocenters. The van der Waals surface area contributed by atoms with Crippen molar-refractivity contribution in [1.82, 2.24) is 9.97 Å². The molecule has 18 heavy (non-hydrogen) atoms. The van der Waals surface area contributed by atoms with E-state index in [1.165, 1.54) is 12.1 Å². The number of non-ortho nitro benzene ring substituents is 1. The van der Waals surface area contributed by atoms with E-state index in [-0.39, 0.29) is 11.0 Å². The van der Waals surface area contributed by atoms with Gasteiger partial charge in [0.05, 0.1) is 10.6 Å². The summed E-state index contributed by atoms with van der Waals surface area (Å²) in [6, 6.07) is 6.48. The third kappa shape index (κ3) is 2.81. The van der Waals surface area contributed by atoms with Crippen molar-refractivity contribution in [2.45, 2.75) is 13.3 Å². The van der Waals surface area contributed by atoms with Crippen LogP contribution in [0.25, 0.3) is 0 Å². The number of halogens is 1. The SMILES string of the molecule is Cc1cnc(Cl)nc1Cc1cccc([N+](=O)[O-])c1. The number of nitro groups is 1. The molecule has 0 aliphatic heterocycles. The molecule has 5 nitrogen and oxygen atoms in total. The Labute approximate surface area is 109 Å². The minimum atomic E-state index is -0.413. The van der Waals surface area contributed by atoms with E-state index in [0.717, 1.165) is 16.8 Å². The molecular formula is C12H10ClN3O2. The topological polar surface area (TPSA) is 68.9 Å². The molecule has 0 saturated carbocycles. The van der Waals surface area contributed by atoms with Crippen LogP contribution < -0.4 is 0 Å². The molecule has 2 aromatic rings. The number of nitro benzene ring substituents is 1. The summed E-state index contributed by atoms with van der Waals surface area (Å²) >= 11 is 5.73. The second kappa shape index (κ2) is 5.10.